The molecule has 4 aromatic carbocycles. The van der Waals surface area contributed by atoms with Crippen molar-refractivity contribution in [1.82, 2.24) is 10.4 Å². The standard InChI is InChI=1S/C33H26Cl3N5O4S/c1-2-44-29-16-20(15-27(36)31(29)45-18-30(42)38-25-11-7-23(34)8-12-25)17-37-41-32(43)22-5-3-21(4-6-22)28-19-46-33(40-28)39-26-13-9-24(35)10-14-26/h3-17,19H,2,18H2,1H3,(H,38,42)(H,39,40)(H,41,43)/b37-17-. The molecule has 1 aromatic heterocycles. The Labute approximate surface area is 284 Å². The lowest BCUT2D eigenvalue weighted by atomic mass is 10.1. The molecule has 13 heteroatoms. The van der Waals surface area contributed by atoms with Gasteiger partial charge in [0, 0.05) is 37.9 Å². The lowest BCUT2D eigenvalue weighted by molar-refractivity contribution is -0.118. The summed E-state index contributed by atoms with van der Waals surface area (Å²) in [6.45, 7) is 1.84. The van der Waals surface area contributed by atoms with E-state index < -0.39 is 5.91 Å². The van der Waals surface area contributed by atoms with E-state index in [1.54, 1.807) is 60.7 Å². The molecule has 0 fully saturated rings. The first-order chi connectivity index (χ1) is 22.3. The third kappa shape index (κ3) is 8.98. The van der Waals surface area contributed by atoms with Crippen LogP contribution in [0.3, 0.4) is 0 Å². The second-order valence-corrected chi connectivity index (χ2v) is 11.7. The molecule has 5 aromatic rings. The normalized spacial score (nSPS) is 10.9. The Kier molecular flexibility index (Phi) is 11.1. The predicted molar refractivity (Wildman–Crippen MR) is 186 cm³/mol. The highest BCUT2D eigenvalue weighted by Gasteiger charge is 2.15. The van der Waals surface area contributed by atoms with Crippen molar-refractivity contribution in [3.63, 3.8) is 0 Å². The largest absolute Gasteiger partial charge is 0.490 e. The summed E-state index contributed by atoms with van der Waals surface area (Å²) in [6.07, 6.45) is 1.43. The Morgan fingerprint density at radius 1 is 0.891 bits per heavy atom. The molecule has 2 amide bonds. The van der Waals surface area contributed by atoms with Crippen LogP contribution in [-0.4, -0.2) is 36.2 Å². The monoisotopic (exact) mass is 693 g/mol. The fourth-order valence-corrected chi connectivity index (χ4v) is 5.34. The van der Waals surface area contributed by atoms with Crippen molar-refractivity contribution in [3.8, 4) is 22.8 Å². The van der Waals surface area contributed by atoms with Gasteiger partial charge < -0.3 is 20.1 Å². The van der Waals surface area contributed by atoms with Gasteiger partial charge in [-0.3, -0.25) is 9.59 Å². The molecule has 0 spiro atoms. The molecule has 9 nitrogen and oxygen atoms in total. The molecule has 5 rings (SSSR count). The second kappa shape index (κ2) is 15.6. The number of rotatable bonds is 12. The second-order valence-electron chi connectivity index (χ2n) is 9.55. The Hall–Kier alpha value is -4.61. The van der Waals surface area contributed by atoms with E-state index in [0.717, 1.165) is 22.1 Å². The summed E-state index contributed by atoms with van der Waals surface area (Å²) < 4.78 is 11.4. The molecule has 1 heterocycles. The van der Waals surface area contributed by atoms with Crippen LogP contribution in [0.5, 0.6) is 11.5 Å². The van der Waals surface area contributed by atoms with E-state index in [0.29, 0.717) is 39.2 Å². The van der Waals surface area contributed by atoms with Crippen LogP contribution < -0.4 is 25.5 Å². The van der Waals surface area contributed by atoms with Crippen molar-refractivity contribution in [2.45, 2.75) is 6.92 Å². The van der Waals surface area contributed by atoms with Gasteiger partial charge in [0.05, 0.1) is 23.5 Å². The van der Waals surface area contributed by atoms with E-state index in [-0.39, 0.29) is 23.3 Å². The Bertz CT molecular complexity index is 1850. The fourth-order valence-electron chi connectivity index (χ4n) is 4.08. The third-order valence-electron chi connectivity index (χ3n) is 6.23. The molecule has 0 radical (unpaired) electrons. The first-order valence-corrected chi connectivity index (χ1v) is 15.8. The molecule has 0 atom stereocenters. The van der Waals surface area contributed by atoms with Gasteiger partial charge in [-0.15, -0.1) is 11.3 Å². The molecule has 3 N–H and O–H groups in total. The van der Waals surface area contributed by atoms with Gasteiger partial charge in [-0.1, -0.05) is 46.9 Å². The maximum absolute atomic E-state index is 12.7. The van der Waals surface area contributed by atoms with E-state index in [4.69, 9.17) is 44.3 Å². The maximum atomic E-state index is 12.7. The number of amides is 2. The number of benzene rings is 4. The van der Waals surface area contributed by atoms with Crippen molar-refractivity contribution in [1.29, 1.82) is 0 Å². The van der Waals surface area contributed by atoms with Crippen LogP contribution in [0.2, 0.25) is 15.1 Å². The Balaban J connectivity index is 1.17. The lowest BCUT2D eigenvalue weighted by Crippen LogP contribution is -2.20. The zero-order chi connectivity index (χ0) is 32.5. The number of hydrogen-bond donors (Lipinski definition) is 3. The number of hydrogen-bond acceptors (Lipinski definition) is 8. The zero-order valence-corrected chi connectivity index (χ0v) is 27.3. The van der Waals surface area contributed by atoms with Gasteiger partial charge in [0.15, 0.2) is 23.2 Å². The maximum Gasteiger partial charge on any atom is 0.271 e. The van der Waals surface area contributed by atoms with Crippen molar-refractivity contribution >= 4 is 80.7 Å². The molecule has 0 bridgehead atoms. The number of nitrogens with zero attached hydrogens (tertiary/aromatic N) is 2. The minimum Gasteiger partial charge on any atom is -0.490 e. The van der Waals surface area contributed by atoms with E-state index in [1.165, 1.54) is 17.6 Å². The first kappa shape index (κ1) is 32.8. The van der Waals surface area contributed by atoms with Gasteiger partial charge in [-0.25, -0.2) is 10.4 Å². The predicted octanol–water partition coefficient (Wildman–Crippen LogP) is 8.69. The highest BCUT2D eigenvalue weighted by atomic mass is 35.5. The number of anilines is 3. The summed E-state index contributed by atoms with van der Waals surface area (Å²) in [6, 6.07) is 24.3. The topological polar surface area (TPSA) is 114 Å². The van der Waals surface area contributed by atoms with Crippen LogP contribution >= 0.6 is 46.1 Å². The van der Waals surface area contributed by atoms with Crippen LogP contribution in [-0.2, 0) is 4.79 Å². The summed E-state index contributed by atoms with van der Waals surface area (Å²) in [7, 11) is 0. The van der Waals surface area contributed by atoms with Crippen molar-refractivity contribution in [3.05, 3.63) is 117 Å². The van der Waals surface area contributed by atoms with E-state index in [1.807, 2.05) is 36.6 Å². The van der Waals surface area contributed by atoms with Crippen molar-refractivity contribution < 1.29 is 19.1 Å². The molecule has 0 aliphatic carbocycles. The molecular formula is C33H26Cl3N5O4S. The summed E-state index contributed by atoms with van der Waals surface area (Å²) in [5.41, 5.74) is 6.59. The van der Waals surface area contributed by atoms with E-state index in [9.17, 15) is 9.59 Å². The summed E-state index contributed by atoms with van der Waals surface area (Å²) in [5, 5.41) is 14.1. The quantitative estimate of drug-likeness (QED) is 0.0890. The van der Waals surface area contributed by atoms with Gasteiger partial charge in [0.1, 0.15) is 0 Å². The van der Waals surface area contributed by atoms with Crippen molar-refractivity contribution in [2.24, 2.45) is 5.10 Å². The van der Waals surface area contributed by atoms with Gasteiger partial charge in [0.2, 0.25) is 0 Å². The number of hydrazone groups is 1. The van der Waals surface area contributed by atoms with Crippen LogP contribution in [0.4, 0.5) is 16.5 Å². The van der Waals surface area contributed by atoms with E-state index >= 15 is 0 Å². The van der Waals surface area contributed by atoms with Crippen LogP contribution in [0.25, 0.3) is 11.3 Å². The number of aromatic nitrogens is 1. The lowest BCUT2D eigenvalue weighted by Gasteiger charge is -2.14. The minimum atomic E-state index is -0.394. The van der Waals surface area contributed by atoms with Gasteiger partial charge in [0.25, 0.3) is 11.8 Å². The molecule has 0 saturated heterocycles. The average Bonchev–Trinajstić information content (AvgIpc) is 3.51. The van der Waals surface area contributed by atoms with Crippen LogP contribution in [0.15, 0.2) is 95.4 Å². The molecule has 234 valence electrons. The SMILES string of the molecule is CCOc1cc(/C=N\NC(=O)c2ccc(-c3csc(Nc4ccc(Cl)cc4)n3)cc2)cc(Cl)c1OCC(=O)Nc1ccc(Cl)cc1. The number of ether oxygens (including phenoxy) is 2. The first-order valence-electron chi connectivity index (χ1n) is 13.8. The molecule has 0 unspecified atom stereocenters. The smallest absolute Gasteiger partial charge is 0.271 e. The molecule has 46 heavy (non-hydrogen) atoms. The molecule has 0 aliphatic rings. The summed E-state index contributed by atoms with van der Waals surface area (Å²) in [4.78, 5) is 29.7. The number of carbonyl (C=O) groups is 2. The third-order valence-corrected chi connectivity index (χ3v) is 7.77. The molecule has 0 aliphatic heterocycles. The van der Waals surface area contributed by atoms with Gasteiger partial charge in [-0.2, -0.15) is 5.10 Å². The Morgan fingerprint density at radius 3 is 2.24 bits per heavy atom. The van der Waals surface area contributed by atoms with Gasteiger partial charge in [-0.05, 0) is 85.3 Å². The number of nitrogens with one attached hydrogen (secondary N) is 3. The summed E-state index contributed by atoms with van der Waals surface area (Å²) >= 11 is 19.8. The van der Waals surface area contributed by atoms with Crippen LogP contribution in [0, 0.1) is 0 Å². The zero-order valence-electron chi connectivity index (χ0n) is 24.2. The molecular weight excluding hydrogens is 669 g/mol. The highest BCUT2D eigenvalue weighted by Crippen LogP contribution is 2.36. The number of carbonyl (C=O) groups excluding carboxylic acids is 2. The van der Waals surface area contributed by atoms with E-state index in [2.05, 4.69) is 26.1 Å². The number of thiazole rings is 1. The van der Waals surface area contributed by atoms with Crippen LogP contribution in [0.1, 0.15) is 22.8 Å². The average molecular weight is 695 g/mol. The highest BCUT2D eigenvalue weighted by molar-refractivity contribution is 7.14. The van der Waals surface area contributed by atoms with Crippen molar-refractivity contribution in [2.75, 3.05) is 23.8 Å². The molecule has 0 saturated carbocycles. The number of halogens is 3. The Morgan fingerprint density at radius 2 is 1.57 bits per heavy atom. The minimum absolute atomic E-state index is 0.210. The fraction of sp³-hybridized carbons (Fsp3) is 0.0909. The van der Waals surface area contributed by atoms with Gasteiger partial charge >= 0.3 is 0 Å². The summed E-state index contributed by atoms with van der Waals surface area (Å²) in [5.74, 6) is -0.242.